The highest BCUT2D eigenvalue weighted by Gasteiger charge is 2.51. The molecule has 4 aliphatic rings. The number of hydrogen-bond acceptors (Lipinski definition) is 2. The van der Waals surface area contributed by atoms with E-state index >= 15 is 0 Å². The molecule has 3 heteroatoms. The van der Waals surface area contributed by atoms with Crippen LogP contribution in [0.3, 0.4) is 0 Å². The summed E-state index contributed by atoms with van der Waals surface area (Å²) < 4.78 is 2.09. The van der Waals surface area contributed by atoms with Crippen LogP contribution in [0.15, 0.2) is 0 Å². The Bertz CT molecular complexity index is 493. The van der Waals surface area contributed by atoms with Gasteiger partial charge in [0.15, 0.2) is 0 Å². The molecule has 1 heterocycles. The number of aromatic nitrogens is 2. The lowest BCUT2D eigenvalue weighted by atomic mass is 9.48. The molecule has 4 saturated carbocycles. The number of anilines is 1. The molecule has 4 aliphatic carbocycles. The van der Waals surface area contributed by atoms with Crippen LogP contribution >= 0.6 is 0 Å². The SMILES string of the molecule is CCc1nc(CC23CC4CC(CC(C4)C2)C3)c(N)n1C. The van der Waals surface area contributed by atoms with E-state index in [9.17, 15) is 0 Å². The van der Waals surface area contributed by atoms with E-state index in [0.717, 1.165) is 42.2 Å². The van der Waals surface area contributed by atoms with Gasteiger partial charge in [-0.05, 0) is 68.1 Å². The predicted octanol–water partition coefficient (Wildman–Crippen LogP) is 3.32. The van der Waals surface area contributed by atoms with E-state index in [4.69, 9.17) is 10.7 Å². The third-order valence-corrected chi connectivity index (χ3v) is 6.33. The van der Waals surface area contributed by atoms with Crippen molar-refractivity contribution in [2.75, 3.05) is 5.73 Å². The van der Waals surface area contributed by atoms with Gasteiger partial charge in [0.25, 0.3) is 0 Å². The van der Waals surface area contributed by atoms with Crippen molar-refractivity contribution in [3.05, 3.63) is 11.5 Å². The summed E-state index contributed by atoms with van der Waals surface area (Å²) in [4.78, 5) is 4.84. The Balaban J connectivity index is 1.63. The Kier molecular flexibility index (Phi) is 2.71. The molecule has 0 unspecified atom stereocenters. The lowest BCUT2D eigenvalue weighted by Gasteiger charge is -2.56. The lowest BCUT2D eigenvalue weighted by Crippen LogP contribution is -2.47. The standard InChI is InChI=1S/C17H27N3/c1-3-15-19-14(16(18)20(15)2)10-17-7-11-4-12(8-17)6-13(5-11)9-17/h11-13H,3-10,18H2,1-2H3. The number of nitrogen functional groups attached to an aromatic ring is 1. The van der Waals surface area contributed by atoms with Crippen molar-refractivity contribution < 1.29 is 0 Å². The smallest absolute Gasteiger partial charge is 0.126 e. The molecule has 0 saturated heterocycles. The second-order valence-corrected chi connectivity index (χ2v) is 7.87. The van der Waals surface area contributed by atoms with E-state index in [1.807, 2.05) is 0 Å². The molecule has 4 fully saturated rings. The van der Waals surface area contributed by atoms with Gasteiger partial charge in [-0.15, -0.1) is 0 Å². The van der Waals surface area contributed by atoms with Gasteiger partial charge in [-0.25, -0.2) is 4.98 Å². The molecule has 2 N–H and O–H groups in total. The van der Waals surface area contributed by atoms with Crippen LogP contribution in [0.5, 0.6) is 0 Å². The van der Waals surface area contributed by atoms with Gasteiger partial charge < -0.3 is 10.3 Å². The van der Waals surface area contributed by atoms with Gasteiger partial charge in [0.2, 0.25) is 0 Å². The Hall–Kier alpha value is -0.990. The van der Waals surface area contributed by atoms with E-state index in [0.29, 0.717) is 5.41 Å². The second kappa shape index (κ2) is 4.25. The average Bonchev–Trinajstić information content (AvgIpc) is 2.64. The first-order valence-electron chi connectivity index (χ1n) is 8.38. The van der Waals surface area contributed by atoms with Crippen LogP contribution in [0.1, 0.15) is 57.0 Å². The van der Waals surface area contributed by atoms with E-state index < -0.39 is 0 Å². The van der Waals surface area contributed by atoms with Crippen LogP contribution in [0.2, 0.25) is 0 Å². The zero-order valence-electron chi connectivity index (χ0n) is 12.9. The zero-order chi connectivity index (χ0) is 13.9. The summed E-state index contributed by atoms with van der Waals surface area (Å²) in [5.74, 6) is 5.09. The van der Waals surface area contributed by atoms with Crippen molar-refractivity contribution in [2.24, 2.45) is 30.2 Å². The topological polar surface area (TPSA) is 43.8 Å². The molecule has 1 aromatic heterocycles. The fourth-order valence-electron chi connectivity index (χ4n) is 5.93. The minimum atomic E-state index is 0.544. The number of rotatable bonds is 3. The van der Waals surface area contributed by atoms with Crippen molar-refractivity contribution in [3.8, 4) is 0 Å². The van der Waals surface area contributed by atoms with Crippen LogP contribution in [-0.4, -0.2) is 9.55 Å². The molecule has 5 rings (SSSR count). The predicted molar refractivity (Wildman–Crippen MR) is 81.3 cm³/mol. The van der Waals surface area contributed by atoms with E-state index in [-0.39, 0.29) is 0 Å². The monoisotopic (exact) mass is 273 g/mol. The van der Waals surface area contributed by atoms with Crippen molar-refractivity contribution >= 4 is 5.82 Å². The molecule has 0 radical (unpaired) electrons. The Morgan fingerprint density at radius 3 is 2.15 bits per heavy atom. The normalized spacial score (nSPS) is 38.6. The lowest BCUT2D eigenvalue weighted by molar-refractivity contribution is -0.0525. The maximum atomic E-state index is 6.31. The Morgan fingerprint density at radius 1 is 1.15 bits per heavy atom. The Morgan fingerprint density at radius 2 is 1.70 bits per heavy atom. The minimum Gasteiger partial charge on any atom is -0.384 e. The van der Waals surface area contributed by atoms with Crippen molar-refractivity contribution in [1.82, 2.24) is 9.55 Å². The third kappa shape index (κ3) is 1.82. The van der Waals surface area contributed by atoms with Gasteiger partial charge in [-0.2, -0.15) is 0 Å². The second-order valence-electron chi connectivity index (χ2n) is 7.87. The highest BCUT2D eigenvalue weighted by Crippen LogP contribution is 2.61. The van der Waals surface area contributed by atoms with Crippen LogP contribution in [-0.2, 0) is 19.9 Å². The first kappa shape index (κ1) is 12.7. The molecule has 20 heavy (non-hydrogen) atoms. The van der Waals surface area contributed by atoms with Crippen LogP contribution < -0.4 is 5.73 Å². The van der Waals surface area contributed by atoms with Gasteiger partial charge in [-0.3, -0.25) is 0 Å². The third-order valence-electron chi connectivity index (χ3n) is 6.33. The fourth-order valence-corrected chi connectivity index (χ4v) is 5.93. The van der Waals surface area contributed by atoms with E-state index in [2.05, 4.69) is 18.5 Å². The summed E-state index contributed by atoms with van der Waals surface area (Å²) in [6.45, 7) is 2.16. The quantitative estimate of drug-likeness (QED) is 0.918. The largest absolute Gasteiger partial charge is 0.384 e. The number of hydrogen-bond donors (Lipinski definition) is 1. The summed E-state index contributed by atoms with van der Waals surface area (Å²) >= 11 is 0. The summed E-state index contributed by atoms with van der Waals surface area (Å²) in [6.07, 6.45) is 11.0. The molecule has 0 atom stereocenters. The summed E-state index contributed by atoms with van der Waals surface area (Å²) in [6, 6.07) is 0. The van der Waals surface area contributed by atoms with Crippen LogP contribution in [0, 0.1) is 23.2 Å². The molecule has 0 spiro atoms. The van der Waals surface area contributed by atoms with Crippen LogP contribution in [0.25, 0.3) is 0 Å². The van der Waals surface area contributed by atoms with Crippen molar-refractivity contribution in [1.29, 1.82) is 0 Å². The molecular weight excluding hydrogens is 246 g/mol. The fraction of sp³-hybridized carbons (Fsp3) is 0.824. The summed E-state index contributed by atoms with van der Waals surface area (Å²) in [5.41, 5.74) is 8.04. The van der Waals surface area contributed by atoms with Crippen LogP contribution in [0.4, 0.5) is 5.82 Å². The first-order valence-corrected chi connectivity index (χ1v) is 8.38. The molecule has 3 nitrogen and oxygen atoms in total. The molecule has 4 bridgehead atoms. The molecule has 0 aromatic carbocycles. The number of nitrogens with zero attached hydrogens (tertiary/aromatic N) is 2. The van der Waals surface area contributed by atoms with E-state index in [1.54, 1.807) is 0 Å². The maximum absolute atomic E-state index is 6.31. The number of imidazole rings is 1. The number of aryl methyl sites for hydroxylation is 1. The Labute approximate surface area is 122 Å². The average molecular weight is 273 g/mol. The summed E-state index contributed by atoms with van der Waals surface area (Å²) in [7, 11) is 2.06. The highest BCUT2D eigenvalue weighted by molar-refractivity contribution is 5.39. The van der Waals surface area contributed by atoms with Gasteiger partial charge in [0.1, 0.15) is 11.6 Å². The molecule has 110 valence electrons. The zero-order valence-corrected chi connectivity index (χ0v) is 12.9. The van der Waals surface area contributed by atoms with Gasteiger partial charge in [0, 0.05) is 13.5 Å². The van der Waals surface area contributed by atoms with Gasteiger partial charge in [0.05, 0.1) is 5.69 Å². The molecule has 0 amide bonds. The van der Waals surface area contributed by atoms with Crippen molar-refractivity contribution in [3.63, 3.8) is 0 Å². The number of nitrogens with two attached hydrogens (primary N) is 1. The van der Waals surface area contributed by atoms with Crippen molar-refractivity contribution in [2.45, 2.75) is 58.3 Å². The highest BCUT2D eigenvalue weighted by atomic mass is 15.1. The molecule has 1 aromatic rings. The minimum absolute atomic E-state index is 0.544. The maximum Gasteiger partial charge on any atom is 0.126 e. The molecular formula is C17H27N3. The van der Waals surface area contributed by atoms with E-state index in [1.165, 1.54) is 44.2 Å². The summed E-state index contributed by atoms with van der Waals surface area (Å²) in [5, 5.41) is 0. The first-order chi connectivity index (χ1) is 9.58. The van der Waals surface area contributed by atoms with Gasteiger partial charge >= 0.3 is 0 Å². The molecule has 0 aliphatic heterocycles. The van der Waals surface area contributed by atoms with Gasteiger partial charge in [-0.1, -0.05) is 6.92 Å².